The molecule has 1 aliphatic rings. The molecule has 25 heavy (non-hydrogen) atoms. The number of thiazole rings is 1. The van der Waals surface area contributed by atoms with Crippen molar-refractivity contribution in [2.45, 2.75) is 32.2 Å². The number of thiophene rings is 1. The van der Waals surface area contributed by atoms with Crippen LogP contribution in [0.1, 0.15) is 36.7 Å². The number of nitrogens with zero attached hydrogens (tertiary/aromatic N) is 2. The number of amides is 1. The van der Waals surface area contributed by atoms with Crippen molar-refractivity contribution in [1.82, 2.24) is 9.88 Å². The number of carbonyl (C=O) groups excluding carboxylic acids is 1. The zero-order chi connectivity index (χ0) is 18.0. The maximum absolute atomic E-state index is 13.0. The van der Waals surface area contributed by atoms with Gasteiger partial charge in [0.2, 0.25) is 0 Å². The highest BCUT2D eigenvalue weighted by molar-refractivity contribution is 7.91. The number of unbranched alkanes of at least 4 members (excludes halogenated alkanes) is 1. The molecule has 9 heteroatoms. The molecule has 1 aliphatic heterocycles. The van der Waals surface area contributed by atoms with E-state index in [9.17, 15) is 13.2 Å². The molecule has 0 N–H and O–H groups in total. The largest absolute Gasteiger partial charge is 0.333 e. The van der Waals surface area contributed by atoms with Crippen LogP contribution in [0.15, 0.2) is 17.5 Å². The first-order chi connectivity index (χ1) is 11.9. The fourth-order valence-electron chi connectivity index (χ4n) is 2.86. The first kappa shape index (κ1) is 18.8. The summed E-state index contributed by atoms with van der Waals surface area (Å²) in [5.74, 6) is 0.0320. The minimum Gasteiger partial charge on any atom is -0.333 e. The van der Waals surface area contributed by atoms with E-state index in [0.717, 1.165) is 22.7 Å². The van der Waals surface area contributed by atoms with Gasteiger partial charge in [-0.15, -0.1) is 22.7 Å². The molecule has 2 aromatic rings. The molecule has 0 radical (unpaired) electrons. The predicted octanol–water partition coefficient (Wildman–Crippen LogP) is 3.95. The molecule has 0 aromatic carbocycles. The van der Waals surface area contributed by atoms with Crippen LogP contribution in [-0.4, -0.2) is 48.3 Å². The lowest BCUT2D eigenvalue weighted by molar-refractivity contribution is 0.0689. The van der Waals surface area contributed by atoms with Crippen molar-refractivity contribution >= 4 is 50.0 Å². The van der Waals surface area contributed by atoms with E-state index in [4.69, 9.17) is 11.6 Å². The highest BCUT2D eigenvalue weighted by atomic mass is 35.5. The molecule has 0 aliphatic carbocycles. The van der Waals surface area contributed by atoms with Crippen molar-refractivity contribution in [2.24, 2.45) is 0 Å². The lowest BCUT2D eigenvalue weighted by Gasteiger charge is -2.27. The Hall–Kier alpha value is -0.960. The fraction of sp³-hybridized carbons (Fsp3) is 0.500. The van der Waals surface area contributed by atoms with Crippen LogP contribution in [0.25, 0.3) is 9.88 Å². The summed E-state index contributed by atoms with van der Waals surface area (Å²) in [6, 6.07) is 3.45. The molecule has 2 aromatic heterocycles. The summed E-state index contributed by atoms with van der Waals surface area (Å²) in [5.41, 5.74) is 0.380. The van der Waals surface area contributed by atoms with E-state index in [0.29, 0.717) is 23.0 Å². The van der Waals surface area contributed by atoms with Crippen LogP contribution in [0, 0.1) is 0 Å². The predicted molar refractivity (Wildman–Crippen MR) is 103 cm³/mol. The number of rotatable bonds is 6. The Morgan fingerprint density at radius 2 is 2.24 bits per heavy atom. The van der Waals surface area contributed by atoms with E-state index in [-0.39, 0.29) is 23.5 Å². The van der Waals surface area contributed by atoms with Gasteiger partial charge in [-0.1, -0.05) is 24.9 Å². The van der Waals surface area contributed by atoms with Crippen LogP contribution < -0.4 is 0 Å². The highest BCUT2D eigenvalue weighted by Gasteiger charge is 2.35. The number of hydrogen-bond donors (Lipinski definition) is 0. The SMILES string of the molecule is CCCCN(C(=O)c1csc(-c2ccc(Cl)s2)n1)C1CCS(=O)(=O)C1. The molecule has 1 atom stereocenters. The number of carbonyl (C=O) groups is 1. The topological polar surface area (TPSA) is 67.3 Å². The van der Waals surface area contributed by atoms with E-state index in [1.54, 1.807) is 16.3 Å². The third kappa shape index (κ3) is 4.42. The Morgan fingerprint density at radius 3 is 2.84 bits per heavy atom. The van der Waals surface area contributed by atoms with Gasteiger partial charge in [0.25, 0.3) is 5.91 Å². The summed E-state index contributed by atoms with van der Waals surface area (Å²) in [7, 11) is -3.04. The van der Waals surface area contributed by atoms with Crippen LogP contribution in [-0.2, 0) is 9.84 Å². The molecular weight excluding hydrogens is 400 g/mol. The van der Waals surface area contributed by atoms with Crippen molar-refractivity contribution in [3.63, 3.8) is 0 Å². The van der Waals surface area contributed by atoms with E-state index in [2.05, 4.69) is 11.9 Å². The zero-order valence-corrected chi connectivity index (χ0v) is 17.0. The zero-order valence-electron chi connectivity index (χ0n) is 13.8. The Kier molecular flexibility index (Phi) is 5.82. The van der Waals surface area contributed by atoms with Gasteiger partial charge in [0.15, 0.2) is 9.84 Å². The van der Waals surface area contributed by atoms with E-state index in [1.165, 1.54) is 22.7 Å². The lowest BCUT2D eigenvalue weighted by atomic mass is 10.2. The molecule has 3 rings (SSSR count). The van der Waals surface area contributed by atoms with Crippen LogP contribution in [0.5, 0.6) is 0 Å². The highest BCUT2D eigenvalue weighted by Crippen LogP contribution is 2.33. The molecule has 0 bridgehead atoms. The molecular formula is C16H19ClN2O3S3. The average Bonchev–Trinajstić information content (AvgIpc) is 3.27. The monoisotopic (exact) mass is 418 g/mol. The molecule has 1 saturated heterocycles. The van der Waals surface area contributed by atoms with Gasteiger partial charge in [-0.3, -0.25) is 4.79 Å². The maximum Gasteiger partial charge on any atom is 0.273 e. The summed E-state index contributed by atoms with van der Waals surface area (Å²) in [6.45, 7) is 2.61. The first-order valence-corrected chi connectivity index (χ1v) is 12.0. The Morgan fingerprint density at radius 1 is 1.44 bits per heavy atom. The summed E-state index contributed by atoms with van der Waals surface area (Å²) in [5, 5.41) is 2.50. The number of hydrogen-bond acceptors (Lipinski definition) is 6. The molecule has 0 spiro atoms. The molecule has 5 nitrogen and oxygen atoms in total. The molecule has 3 heterocycles. The van der Waals surface area contributed by atoms with Gasteiger partial charge in [-0.2, -0.15) is 0 Å². The Bertz CT molecular complexity index is 860. The number of halogens is 1. The van der Waals surface area contributed by atoms with Crippen molar-refractivity contribution in [3.8, 4) is 9.88 Å². The van der Waals surface area contributed by atoms with Crippen LogP contribution >= 0.6 is 34.3 Å². The normalized spacial score (nSPS) is 19.2. The second kappa shape index (κ2) is 7.73. The van der Waals surface area contributed by atoms with E-state index in [1.807, 2.05) is 6.07 Å². The van der Waals surface area contributed by atoms with Gasteiger partial charge in [0.1, 0.15) is 10.7 Å². The van der Waals surface area contributed by atoms with Gasteiger partial charge in [0.05, 0.1) is 20.7 Å². The number of aromatic nitrogens is 1. The van der Waals surface area contributed by atoms with Crippen molar-refractivity contribution < 1.29 is 13.2 Å². The van der Waals surface area contributed by atoms with E-state index < -0.39 is 9.84 Å². The van der Waals surface area contributed by atoms with Crippen molar-refractivity contribution in [3.05, 3.63) is 27.5 Å². The third-order valence-electron chi connectivity index (χ3n) is 4.17. The summed E-state index contributed by atoms with van der Waals surface area (Å²) >= 11 is 8.79. The van der Waals surface area contributed by atoms with E-state index >= 15 is 0 Å². The Labute approximate surface area is 160 Å². The van der Waals surface area contributed by atoms with Gasteiger partial charge >= 0.3 is 0 Å². The third-order valence-corrected chi connectivity index (χ3v) is 8.16. The van der Waals surface area contributed by atoms with Crippen LogP contribution in [0.4, 0.5) is 0 Å². The summed E-state index contributed by atoms with van der Waals surface area (Å²) < 4.78 is 24.3. The maximum atomic E-state index is 13.0. The molecule has 1 unspecified atom stereocenters. The standard InChI is InChI=1S/C16H19ClN2O3S3/c1-2-3-7-19(11-6-8-25(21,22)10-11)16(20)12-9-23-15(18-12)13-4-5-14(17)24-13/h4-5,9,11H,2-3,6-8,10H2,1H3. The van der Waals surface area contributed by atoms with Crippen LogP contribution in [0.3, 0.4) is 0 Å². The van der Waals surface area contributed by atoms with Gasteiger partial charge in [-0.25, -0.2) is 13.4 Å². The lowest BCUT2D eigenvalue weighted by Crippen LogP contribution is -2.42. The quantitative estimate of drug-likeness (QED) is 0.712. The molecule has 1 amide bonds. The second-order valence-electron chi connectivity index (χ2n) is 6.05. The number of sulfone groups is 1. The summed E-state index contributed by atoms with van der Waals surface area (Å²) in [6.07, 6.45) is 2.30. The van der Waals surface area contributed by atoms with Gasteiger partial charge < -0.3 is 4.90 Å². The molecule has 0 saturated carbocycles. The van der Waals surface area contributed by atoms with Gasteiger partial charge in [0, 0.05) is 18.0 Å². The Balaban J connectivity index is 1.81. The first-order valence-electron chi connectivity index (χ1n) is 8.12. The fourth-order valence-corrected chi connectivity index (χ4v) is 6.50. The molecule has 136 valence electrons. The molecule has 1 fully saturated rings. The minimum atomic E-state index is -3.04. The van der Waals surface area contributed by atoms with Gasteiger partial charge in [-0.05, 0) is 25.0 Å². The second-order valence-corrected chi connectivity index (χ2v) is 10.9. The van der Waals surface area contributed by atoms with Crippen molar-refractivity contribution in [2.75, 3.05) is 18.1 Å². The minimum absolute atomic E-state index is 0.0555. The van der Waals surface area contributed by atoms with Crippen molar-refractivity contribution in [1.29, 1.82) is 0 Å². The summed E-state index contributed by atoms with van der Waals surface area (Å²) in [4.78, 5) is 20.0. The smallest absolute Gasteiger partial charge is 0.273 e. The van der Waals surface area contributed by atoms with Crippen LogP contribution in [0.2, 0.25) is 4.34 Å². The average molecular weight is 419 g/mol.